The van der Waals surface area contributed by atoms with Crippen LogP contribution in [0.25, 0.3) is 5.57 Å². The number of methoxy groups -OCH3 is 4. The van der Waals surface area contributed by atoms with E-state index in [-0.39, 0.29) is 24.8 Å². The summed E-state index contributed by atoms with van der Waals surface area (Å²) in [7, 11) is 6.09. The van der Waals surface area contributed by atoms with Gasteiger partial charge in [-0.05, 0) is 35.4 Å². The van der Waals surface area contributed by atoms with Gasteiger partial charge in [0.05, 0.1) is 34.1 Å². The molecule has 0 unspecified atom stereocenters. The predicted molar refractivity (Wildman–Crippen MR) is 101 cm³/mol. The van der Waals surface area contributed by atoms with E-state index in [9.17, 15) is 4.79 Å². The predicted octanol–water partition coefficient (Wildman–Crippen LogP) is -0.300. The summed E-state index contributed by atoms with van der Waals surface area (Å²) >= 11 is 0. The van der Waals surface area contributed by atoms with E-state index in [1.165, 1.54) is 27.4 Å². The maximum Gasteiger partial charge on any atom is 0.207 e. The molecule has 0 aromatic heterocycles. The van der Waals surface area contributed by atoms with Gasteiger partial charge in [-0.1, -0.05) is 6.07 Å². The van der Waals surface area contributed by atoms with Crippen molar-refractivity contribution in [2.45, 2.75) is 0 Å². The zero-order valence-electron chi connectivity index (χ0n) is 16.0. The minimum atomic E-state index is -0.185. The van der Waals surface area contributed by atoms with Crippen molar-refractivity contribution in [2.75, 3.05) is 40.8 Å². The molecule has 0 saturated heterocycles. The lowest BCUT2D eigenvalue weighted by atomic mass is 9.95. The number of nitrogen functional groups attached to an aromatic ring is 1. The topological polar surface area (TPSA) is 89.2 Å². The van der Waals surface area contributed by atoms with Crippen molar-refractivity contribution < 1.29 is 40.9 Å². The number of carbonyl (C=O) groups is 1. The van der Waals surface area contributed by atoms with Crippen molar-refractivity contribution in [1.29, 1.82) is 0 Å². The second-order valence-corrected chi connectivity index (χ2v) is 5.79. The Bertz CT molecular complexity index is 925. The van der Waals surface area contributed by atoms with Crippen LogP contribution in [-0.4, -0.2) is 40.8 Å². The molecule has 2 aromatic carbocycles. The van der Waals surface area contributed by atoms with Crippen molar-refractivity contribution in [3.05, 3.63) is 41.5 Å². The molecule has 0 spiro atoms. The number of ketones is 1. The summed E-state index contributed by atoms with van der Waals surface area (Å²) in [4.78, 5) is 12.3. The van der Waals surface area contributed by atoms with Gasteiger partial charge in [0, 0.05) is 5.56 Å². The highest BCUT2D eigenvalue weighted by molar-refractivity contribution is 6.04. The number of anilines is 1. The Morgan fingerprint density at radius 1 is 0.929 bits per heavy atom. The standard InChI is InChI=1S/C20H21NO6.ClH/c1-23-16-6-5-11(7-15(16)21)13-8-12(22)10-27-18-14(13)9-17(24-2)19(25-3)20(18)26-4;/h5-9H,10,21H2,1-4H3;1H/p-1. The molecule has 0 aliphatic carbocycles. The van der Waals surface area contributed by atoms with Crippen LogP contribution in [0, 0.1) is 0 Å². The molecule has 3 rings (SSSR count). The minimum absolute atomic E-state index is 0. The number of hydrogen-bond donors (Lipinski definition) is 1. The average molecular weight is 407 g/mol. The Balaban J connectivity index is 0.00000280. The first-order valence-electron chi connectivity index (χ1n) is 8.18. The van der Waals surface area contributed by atoms with Crippen LogP contribution < -0.4 is 41.8 Å². The third-order valence-electron chi connectivity index (χ3n) is 4.28. The summed E-state index contributed by atoms with van der Waals surface area (Å²) in [6, 6.07) is 7.07. The molecule has 0 amide bonds. The fourth-order valence-electron chi connectivity index (χ4n) is 3.04. The van der Waals surface area contributed by atoms with Crippen LogP contribution in [0.5, 0.6) is 28.7 Å². The van der Waals surface area contributed by atoms with Gasteiger partial charge in [-0.2, -0.15) is 0 Å². The van der Waals surface area contributed by atoms with Crippen molar-refractivity contribution in [3.63, 3.8) is 0 Å². The molecule has 150 valence electrons. The number of benzene rings is 2. The molecule has 28 heavy (non-hydrogen) atoms. The van der Waals surface area contributed by atoms with Gasteiger partial charge in [-0.25, -0.2) is 0 Å². The number of fused-ring (bicyclic) bond motifs is 1. The quantitative estimate of drug-likeness (QED) is 0.682. The van der Waals surface area contributed by atoms with E-state index in [1.807, 2.05) is 6.07 Å². The highest BCUT2D eigenvalue weighted by Crippen LogP contribution is 2.50. The fourth-order valence-corrected chi connectivity index (χ4v) is 3.04. The SMILES string of the molecule is COc1ccc(C2=CC(=O)COc3c2cc(OC)c(OC)c3OC)cc1N.[Cl-]. The van der Waals surface area contributed by atoms with E-state index in [0.717, 1.165) is 5.56 Å². The normalized spacial score (nSPS) is 12.6. The van der Waals surface area contributed by atoms with Gasteiger partial charge in [0.2, 0.25) is 11.5 Å². The lowest BCUT2D eigenvalue weighted by Gasteiger charge is -2.19. The first-order chi connectivity index (χ1) is 13.0. The van der Waals surface area contributed by atoms with Gasteiger partial charge in [-0.3, -0.25) is 4.79 Å². The number of carbonyl (C=O) groups excluding carboxylic acids is 1. The van der Waals surface area contributed by atoms with Crippen LogP contribution in [0.2, 0.25) is 0 Å². The molecule has 8 heteroatoms. The lowest BCUT2D eigenvalue weighted by Crippen LogP contribution is -3.00. The van der Waals surface area contributed by atoms with Gasteiger partial charge in [0.25, 0.3) is 0 Å². The molecule has 1 heterocycles. The van der Waals surface area contributed by atoms with Crippen LogP contribution in [0.3, 0.4) is 0 Å². The molecular formula is C20H21ClNO6-. The molecule has 0 saturated carbocycles. The van der Waals surface area contributed by atoms with E-state index in [1.54, 1.807) is 25.3 Å². The van der Waals surface area contributed by atoms with Crippen molar-refractivity contribution in [2.24, 2.45) is 0 Å². The van der Waals surface area contributed by atoms with E-state index in [0.29, 0.717) is 45.6 Å². The number of hydrogen-bond acceptors (Lipinski definition) is 7. The third-order valence-corrected chi connectivity index (χ3v) is 4.28. The van der Waals surface area contributed by atoms with Crippen LogP contribution in [0.4, 0.5) is 5.69 Å². The first kappa shape index (κ1) is 21.2. The lowest BCUT2D eigenvalue weighted by molar-refractivity contribution is -0.116. The van der Waals surface area contributed by atoms with E-state index >= 15 is 0 Å². The summed E-state index contributed by atoms with van der Waals surface area (Å²) in [5, 5.41) is 0. The van der Waals surface area contributed by atoms with E-state index in [4.69, 9.17) is 29.4 Å². The summed E-state index contributed by atoms with van der Waals surface area (Å²) in [6.45, 7) is -0.117. The maximum atomic E-state index is 12.3. The monoisotopic (exact) mass is 406 g/mol. The Hall–Kier alpha value is -3.06. The Labute approximate surface area is 169 Å². The molecule has 0 bridgehead atoms. The van der Waals surface area contributed by atoms with Crippen LogP contribution in [0.15, 0.2) is 30.3 Å². The maximum absolute atomic E-state index is 12.3. The first-order valence-corrected chi connectivity index (χ1v) is 8.18. The third kappa shape index (κ3) is 3.66. The minimum Gasteiger partial charge on any atom is -1.00 e. The molecule has 0 radical (unpaired) electrons. The van der Waals surface area contributed by atoms with Crippen molar-refractivity contribution >= 4 is 17.0 Å². The van der Waals surface area contributed by atoms with Gasteiger partial charge >= 0.3 is 0 Å². The number of nitrogens with two attached hydrogens (primary N) is 1. The number of rotatable bonds is 5. The number of ether oxygens (including phenoxy) is 5. The van der Waals surface area contributed by atoms with Gasteiger partial charge < -0.3 is 41.8 Å². The molecule has 0 atom stereocenters. The molecule has 7 nitrogen and oxygen atoms in total. The summed E-state index contributed by atoms with van der Waals surface area (Å²) in [5.41, 5.74) is 8.53. The summed E-state index contributed by atoms with van der Waals surface area (Å²) in [6.07, 6.45) is 1.53. The molecule has 1 aliphatic heterocycles. The smallest absolute Gasteiger partial charge is 0.207 e. The Morgan fingerprint density at radius 3 is 2.18 bits per heavy atom. The second kappa shape index (κ2) is 8.75. The molecule has 0 fully saturated rings. The van der Waals surface area contributed by atoms with Gasteiger partial charge in [0.1, 0.15) is 5.75 Å². The van der Waals surface area contributed by atoms with Gasteiger partial charge in [0.15, 0.2) is 23.9 Å². The van der Waals surface area contributed by atoms with Crippen LogP contribution in [-0.2, 0) is 4.79 Å². The molecule has 2 aromatic rings. The van der Waals surface area contributed by atoms with E-state index in [2.05, 4.69) is 0 Å². The Morgan fingerprint density at radius 2 is 1.61 bits per heavy atom. The van der Waals surface area contributed by atoms with Crippen molar-refractivity contribution in [1.82, 2.24) is 0 Å². The molecular weight excluding hydrogens is 386 g/mol. The zero-order valence-corrected chi connectivity index (χ0v) is 16.8. The summed E-state index contributed by atoms with van der Waals surface area (Å²) < 4.78 is 27.3. The zero-order chi connectivity index (χ0) is 19.6. The summed E-state index contributed by atoms with van der Waals surface area (Å²) in [5.74, 6) is 1.98. The van der Waals surface area contributed by atoms with E-state index < -0.39 is 0 Å². The largest absolute Gasteiger partial charge is 1.00 e. The van der Waals surface area contributed by atoms with Gasteiger partial charge in [-0.15, -0.1) is 0 Å². The molecule has 2 N–H and O–H groups in total. The van der Waals surface area contributed by atoms with Crippen LogP contribution >= 0.6 is 0 Å². The number of halogens is 1. The van der Waals surface area contributed by atoms with Crippen molar-refractivity contribution in [3.8, 4) is 28.7 Å². The second-order valence-electron chi connectivity index (χ2n) is 5.79. The fraction of sp³-hybridized carbons (Fsp3) is 0.250. The highest BCUT2D eigenvalue weighted by atomic mass is 35.5. The Kier molecular flexibility index (Phi) is 6.64. The highest BCUT2D eigenvalue weighted by Gasteiger charge is 2.27. The molecule has 1 aliphatic rings. The average Bonchev–Trinajstić information content (AvgIpc) is 2.85. The van der Waals surface area contributed by atoms with Crippen LogP contribution in [0.1, 0.15) is 11.1 Å².